The van der Waals surface area contributed by atoms with Gasteiger partial charge in [-0.15, -0.1) is 0 Å². The maximum absolute atomic E-state index is 13.3. The molecule has 0 bridgehead atoms. The van der Waals surface area contributed by atoms with Crippen LogP contribution in [0.2, 0.25) is 0 Å². The Kier molecular flexibility index (Phi) is 3.81. The van der Waals surface area contributed by atoms with Crippen molar-refractivity contribution in [2.45, 2.75) is 30.8 Å². The summed E-state index contributed by atoms with van der Waals surface area (Å²) in [5.41, 5.74) is 2.05. The number of nitrogens with two attached hydrogens (primary N) is 1. The van der Waals surface area contributed by atoms with Gasteiger partial charge in [-0.25, -0.2) is 9.18 Å². The van der Waals surface area contributed by atoms with E-state index < -0.39 is 29.8 Å². The molecule has 3 atom stereocenters. The summed E-state index contributed by atoms with van der Waals surface area (Å²) < 4.78 is 24.9. The number of anilines is 1. The van der Waals surface area contributed by atoms with Crippen molar-refractivity contribution in [1.29, 1.82) is 0 Å². The Morgan fingerprint density at radius 3 is 3.00 bits per heavy atom. The molecule has 1 aromatic heterocycles. The van der Waals surface area contributed by atoms with E-state index in [1.54, 1.807) is 0 Å². The molecular weight excluding hydrogens is 269 g/mol. The molecule has 0 unspecified atom stereocenters. The third-order valence-electron chi connectivity index (χ3n) is 3.33. The minimum atomic E-state index is -1.42. The highest BCUT2D eigenvalue weighted by molar-refractivity contribution is 5.23. The third-order valence-corrected chi connectivity index (χ3v) is 3.33. The van der Waals surface area contributed by atoms with Crippen LogP contribution in [0.25, 0.3) is 0 Å². The summed E-state index contributed by atoms with van der Waals surface area (Å²) in [6, 6.07) is 1.41. The molecule has 0 amide bonds. The maximum Gasteiger partial charge on any atom is 0.351 e. The lowest BCUT2D eigenvalue weighted by molar-refractivity contribution is -0.137. The van der Waals surface area contributed by atoms with E-state index in [0.29, 0.717) is 0 Å². The Balaban J connectivity index is 2.39. The van der Waals surface area contributed by atoms with Gasteiger partial charge in [0.2, 0.25) is 0 Å². The molecule has 0 aliphatic carbocycles. The first-order valence-electron chi connectivity index (χ1n) is 6.13. The zero-order valence-corrected chi connectivity index (χ0v) is 11.4. The molecular formula is C12H18FN3O4. The van der Waals surface area contributed by atoms with Gasteiger partial charge in [-0.2, -0.15) is 4.98 Å². The Bertz CT molecular complexity index is 548. The fourth-order valence-corrected chi connectivity index (χ4v) is 2.57. The van der Waals surface area contributed by atoms with Crippen LogP contribution in [0.4, 0.5) is 10.2 Å². The number of alkyl halides is 1. The molecule has 0 spiro atoms. The van der Waals surface area contributed by atoms with E-state index in [-0.39, 0.29) is 18.8 Å². The molecule has 112 valence electrons. The highest BCUT2D eigenvalue weighted by Crippen LogP contribution is 2.43. The fourth-order valence-electron chi connectivity index (χ4n) is 2.57. The lowest BCUT2D eigenvalue weighted by atomic mass is 9.92. The molecule has 1 aliphatic rings. The lowest BCUT2D eigenvalue weighted by Crippen LogP contribution is -2.38. The Labute approximate surface area is 115 Å². The summed E-state index contributed by atoms with van der Waals surface area (Å²) in [5, 5.41) is 10.4. The van der Waals surface area contributed by atoms with Gasteiger partial charge >= 0.3 is 5.69 Å². The number of rotatable bonds is 4. The van der Waals surface area contributed by atoms with Crippen molar-refractivity contribution in [3.63, 3.8) is 0 Å². The van der Waals surface area contributed by atoms with Gasteiger partial charge in [0.1, 0.15) is 23.7 Å². The largest absolute Gasteiger partial charge is 0.385 e. The zero-order chi connectivity index (χ0) is 15.0. The van der Waals surface area contributed by atoms with Crippen LogP contribution in [0.1, 0.15) is 19.6 Å². The summed E-state index contributed by atoms with van der Waals surface area (Å²) in [4.78, 5) is 15.4. The fraction of sp³-hybridized carbons (Fsp3) is 0.667. The molecule has 2 rings (SSSR count). The summed E-state index contributed by atoms with van der Waals surface area (Å²) in [7, 11) is 1.42. The van der Waals surface area contributed by atoms with Gasteiger partial charge in [-0.05, 0) is 13.0 Å². The van der Waals surface area contributed by atoms with E-state index in [2.05, 4.69) is 4.98 Å². The highest BCUT2D eigenvalue weighted by atomic mass is 19.1. The van der Waals surface area contributed by atoms with E-state index in [0.717, 1.165) is 4.57 Å². The van der Waals surface area contributed by atoms with Crippen molar-refractivity contribution in [2.24, 2.45) is 0 Å². The molecule has 1 aromatic rings. The SMILES string of the molecule is COC[C@]1(CF)C[C@@](C)(O)[C@H](n2ccc(N)nc2=O)O1. The standard InChI is InChI=1S/C12H18FN3O4/c1-11(18)5-12(6-13,7-19-2)20-9(11)16-4-3-8(14)15-10(16)17/h3-4,9,18H,5-7H2,1-2H3,(H2,14,15,17)/t9-,11-,12-/m1/s1. The van der Waals surface area contributed by atoms with Crippen molar-refractivity contribution in [2.75, 3.05) is 26.1 Å². The van der Waals surface area contributed by atoms with Crippen molar-refractivity contribution < 1.29 is 19.0 Å². The summed E-state index contributed by atoms with van der Waals surface area (Å²) >= 11 is 0. The Hall–Kier alpha value is -1.51. The van der Waals surface area contributed by atoms with Crippen LogP contribution in [0.15, 0.2) is 17.1 Å². The van der Waals surface area contributed by atoms with Crippen LogP contribution >= 0.6 is 0 Å². The zero-order valence-electron chi connectivity index (χ0n) is 11.4. The number of hydrogen-bond acceptors (Lipinski definition) is 6. The van der Waals surface area contributed by atoms with Crippen LogP contribution in [0.3, 0.4) is 0 Å². The van der Waals surface area contributed by atoms with Crippen LogP contribution in [0, 0.1) is 0 Å². The molecule has 8 heteroatoms. The van der Waals surface area contributed by atoms with Gasteiger partial charge < -0.3 is 20.3 Å². The maximum atomic E-state index is 13.3. The molecule has 1 aliphatic heterocycles. The van der Waals surface area contributed by atoms with Crippen molar-refractivity contribution in [3.8, 4) is 0 Å². The third kappa shape index (κ3) is 2.54. The minimum Gasteiger partial charge on any atom is -0.385 e. The van der Waals surface area contributed by atoms with E-state index in [1.807, 2.05) is 0 Å². The number of ether oxygens (including phenoxy) is 2. The quantitative estimate of drug-likeness (QED) is 0.799. The Morgan fingerprint density at radius 1 is 1.75 bits per heavy atom. The average Bonchev–Trinajstić information content (AvgIpc) is 2.62. The Morgan fingerprint density at radius 2 is 2.45 bits per heavy atom. The molecule has 0 aromatic carbocycles. The molecule has 1 saturated heterocycles. The number of aliphatic hydroxyl groups is 1. The molecule has 2 heterocycles. The van der Waals surface area contributed by atoms with Crippen molar-refractivity contribution >= 4 is 5.82 Å². The van der Waals surface area contributed by atoms with Crippen molar-refractivity contribution in [1.82, 2.24) is 9.55 Å². The molecule has 0 radical (unpaired) electrons. The topological polar surface area (TPSA) is 99.6 Å². The number of methoxy groups -OCH3 is 1. The summed E-state index contributed by atoms with van der Waals surface area (Å²) in [5.74, 6) is 0.0672. The predicted molar refractivity (Wildman–Crippen MR) is 68.9 cm³/mol. The predicted octanol–water partition coefficient (Wildman–Crippen LogP) is -0.150. The van der Waals surface area contributed by atoms with Crippen LogP contribution < -0.4 is 11.4 Å². The van der Waals surface area contributed by atoms with Gasteiger partial charge in [0.25, 0.3) is 0 Å². The van der Waals surface area contributed by atoms with Gasteiger partial charge in [-0.1, -0.05) is 0 Å². The number of nitrogens with zero attached hydrogens (tertiary/aromatic N) is 2. The molecule has 1 fully saturated rings. The number of aromatic nitrogens is 2. The second-order valence-corrected chi connectivity index (χ2v) is 5.30. The lowest BCUT2D eigenvalue weighted by Gasteiger charge is -2.25. The second kappa shape index (κ2) is 5.12. The first kappa shape index (κ1) is 14.9. The summed E-state index contributed by atoms with van der Waals surface area (Å²) in [6.45, 7) is 0.630. The highest BCUT2D eigenvalue weighted by Gasteiger charge is 2.54. The minimum absolute atomic E-state index is 0.00578. The van der Waals surface area contributed by atoms with Crippen LogP contribution in [-0.4, -0.2) is 46.3 Å². The van der Waals surface area contributed by atoms with Gasteiger partial charge in [-0.3, -0.25) is 4.57 Å². The van der Waals surface area contributed by atoms with E-state index in [4.69, 9.17) is 15.2 Å². The second-order valence-electron chi connectivity index (χ2n) is 5.30. The monoisotopic (exact) mass is 287 g/mol. The first-order chi connectivity index (χ1) is 9.33. The van der Waals surface area contributed by atoms with E-state index in [9.17, 15) is 14.3 Å². The van der Waals surface area contributed by atoms with E-state index in [1.165, 1.54) is 26.3 Å². The number of nitrogen functional groups attached to an aromatic ring is 1. The van der Waals surface area contributed by atoms with Crippen LogP contribution in [0.5, 0.6) is 0 Å². The number of hydrogen-bond donors (Lipinski definition) is 2. The molecule has 0 saturated carbocycles. The van der Waals surface area contributed by atoms with Crippen LogP contribution in [-0.2, 0) is 9.47 Å². The molecule has 3 N–H and O–H groups in total. The average molecular weight is 287 g/mol. The molecule has 20 heavy (non-hydrogen) atoms. The number of halogens is 1. The van der Waals surface area contributed by atoms with Gasteiger partial charge in [0.05, 0.1) is 6.61 Å². The summed E-state index contributed by atoms with van der Waals surface area (Å²) in [6.07, 6.45) is 0.325. The molecule has 7 nitrogen and oxygen atoms in total. The first-order valence-corrected chi connectivity index (χ1v) is 6.13. The van der Waals surface area contributed by atoms with Crippen molar-refractivity contribution in [3.05, 3.63) is 22.7 Å². The van der Waals surface area contributed by atoms with Gasteiger partial charge in [0.15, 0.2) is 6.23 Å². The van der Waals surface area contributed by atoms with Gasteiger partial charge in [0, 0.05) is 19.7 Å². The van der Waals surface area contributed by atoms with E-state index >= 15 is 0 Å². The normalized spacial score (nSPS) is 33.5. The smallest absolute Gasteiger partial charge is 0.351 e.